The first kappa shape index (κ1) is 12.9. The minimum absolute atomic E-state index is 0.176. The Bertz CT molecular complexity index is 594. The van der Waals surface area contributed by atoms with Gasteiger partial charge in [0.1, 0.15) is 5.69 Å². The summed E-state index contributed by atoms with van der Waals surface area (Å²) >= 11 is 0. The summed E-state index contributed by atoms with van der Waals surface area (Å²) in [5.41, 5.74) is 11.5. The zero-order valence-electron chi connectivity index (χ0n) is 10.5. The lowest BCUT2D eigenvalue weighted by molar-refractivity contribution is 0.0995. The van der Waals surface area contributed by atoms with Gasteiger partial charge in [0.15, 0.2) is 5.82 Å². The van der Waals surface area contributed by atoms with Crippen molar-refractivity contribution >= 4 is 11.6 Å². The highest BCUT2D eigenvalue weighted by Gasteiger charge is 2.09. The van der Waals surface area contributed by atoms with E-state index in [0.717, 1.165) is 6.42 Å². The van der Waals surface area contributed by atoms with Crippen LogP contribution in [0.4, 0.5) is 5.69 Å². The van der Waals surface area contributed by atoms with Gasteiger partial charge in [-0.3, -0.25) is 4.79 Å². The molecule has 0 saturated carbocycles. The molecule has 0 bridgehead atoms. The van der Waals surface area contributed by atoms with Crippen LogP contribution in [-0.2, 0) is 0 Å². The van der Waals surface area contributed by atoms with E-state index in [0.29, 0.717) is 24.0 Å². The van der Waals surface area contributed by atoms with E-state index in [1.165, 1.54) is 10.7 Å². The molecule has 0 spiro atoms. The second kappa shape index (κ2) is 5.38. The molecule has 0 fully saturated rings. The number of aromatic nitrogens is 3. The predicted molar refractivity (Wildman–Crippen MR) is 70.1 cm³/mol. The normalized spacial score (nSPS) is 10.4. The van der Waals surface area contributed by atoms with Crippen LogP contribution in [0.3, 0.4) is 0 Å². The standard InChI is InChI=1S/C12H15N5O2/c1-2-7-19-12-8(13)3-4-10(15-12)17-6-5-9(16-17)11(14)18/h3-6H,2,7,13H2,1H3,(H2,14,18). The van der Waals surface area contributed by atoms with E-state index in [9.17, 15) is 4.79 Å². The third-order valence-corrected chi connectivity index (χ3v) is 2.39. The molecule has 2 aromatic heterocycles. The Balaban J connectivity index is 2.31. The van der Waals surface area contributed by atoms with Gasteiger partial charge >= 0.3 is 0 Å². The molecule has 0 aliphatic carbocycles. The maximum atomic E-state index is 11.0. The maximum absolute atomic E-state index is 11.0. The van der Waals surface area contributed by atoms with E-state index in [1.807, 2.05) is 6.92 Å². The molecular formula is C12H15N5O2. The van der Waals surface area contributed by atoms with Crippen LogP contribution in [0.15, 0.2) is 24.4 Å². The fourth-order valence-electron chi connectivity index (χ4n) is 1.47. The van der Waals surface area contributed by atoms with Crippen molar-refractivity contribution in [1.82, 2.24) is 14.8 Å². The predicted octanol–water partition coefficient (Wildman–Crippen LogP) is 0.737. The van der Waals surface area contributed by atoms with Crippen molar-refractivity contribution in [2.24, 2.45) is 5.73 Å². The van der Waals surface area contributed by atoms with Crippen molar-refractivity contribution in [3.63, 3.8) is 0 Å². The molecule has 2 rings (SSSR count). The summed E-state index contributed by atoms with van der Waals surface area (Å²) in [5.74, 6) is 0.278. The number of rotatable bonds is 5. The molecule has 0 radical (unpaired) electrons. The molecule has 0 aromatic carbocycles. The van der Waals surface area contributed by atoms with Crippen molar-refractivity contribution in [3.8, 4) is 11.7 Å². The van der Waals surface area contributed by atoms with Gasteiger partial charge in [0.05, 0.1) is 12.3 Å². The van der Waals surface area contributed by atoms with Crippen LogP contribution < -0.4 is 16.2 Å². The number of nitrogen functional groups attached to an aromatic ring is 1. The number of carbonyl (C=O) groups excluding carboxylic acids is 1. The van der Waals surface area contributed by atoms with Crippen LogP contribution in [0.2, 0.25) is 0 Å². The van der Waals surface area contributed by atoms with Crippen LogP contribution in [-0.4, -0.2) is 27.3 Å². The Morgan fingerprint density at radius 3 is 2.84 bits per heavy atom. The molecule has 0 aliphatic heterocycles. The van der Waals surface area contributed by atoms with Gasteiger partial charge in [0.25, 0.3) is 5.91 Å². The lowest BCUT2D eigenvalue weighted by Crippen LogP contribution is -2.12. The third-order valence-electron chi connectivity index (χ3n) is 2.39. The minimum Gasteiger partial charge on any atom is -0.476 e. The Labute approximate surface area is 110 Å². The number of primary amides is 1. The summed E-state index contributed by atoms with van der Waals surface area (Å²) in [6, 6.07) is 4.89. The van der Waals surface area contributed by atoms with Crippen molar-refractivity contribution in [2.75, 3.05) is 12.3 Å². The van der Waals surface area contributed by atoms with Crippen LogP contribution in [0.5, 0.6) is 5.88 Å². The third kappa shape index (κ3) is 2.82. The second-order valence-electron chi connectivity index (χ2n) is 3.92. The lowest BCUT2D eigenvalue weighted by atomic mass is 10.4. The molecule has 19 heavy (non-hydrogen) atoms. The average molecular weight is 261 g/mol. The summed E-state index contributed by atoms with van der Waals surface area (Å²) in [6.45, 7) is 2.53. The summed E-state index contributed by atoms with van der Waals surface area (Å²) in [4.78, 5) is 15.2. The molecule has 0 unspecified atom stereocenters. The molecule has 2 aromatic rings. The highest BCUT2D eigenvalue weighted by atomic mass is 16.5. The van der Waals surface area contributed by atoms with Crippen molar-refractivity contribution in [1.29, 1.82) is 0 Å². The summed E-state index contributed by atoms with van der Waals surface area (Å²) in [7, 11) is 0. The largest absolute Gasteiger partial charge is 0.476 e. The zero-order valence-corrected chi connectivity index (χ0v) is 10.5. The van der Waals surface area contributed by atoms with E-state index < -0.39 is 5.91 Å². The van der Waals surface area contributed by atoms with Gasteiger partial charge in [-0.25, -0.2) is 4.68 Å². The number of nitrogens with two attached hydrogens (primary N) is 2. The van der Waals surface area contributed by atoms with Crippen LogP contribution in [0, 0.1) is 0 Å². The van der Waals surface area contributed by atoms with E-state index >= 15 is 0 Å². The van der Waals surface area contributed by atoms with Gasteiger partial charge < -0.3 is 16.2 Å². The number of amides is 1. The highest BCUT2D eigenvalue weighted by Crippen LogP contribution is 2.20. The molecular weight excluding hydrogens is 246 g/mol. The monoisotopic (exact) mass is 261 g/mol. The fraction of sp³-hybridized carbons (Fsp3) is 0.250. The molecule has 7 heteroatoms. The lowest BCUT2D eigenvalue weighted by Gasteiger charge is -2.08. The Morgan fingerprint density at radius 1 is 1.42 bits per heavy atom. The Kier molecular flexibility index (Phi) is 3.65. The number of anilines is 1. The number of ether oxygens (including phenoxy) is 1. The van der Waals surface area contributed by atoms with Crippen molar-refractivity contribution in [3.05, 3.63) is 30.1 Å². The molecule has 4 N–H and O–H groups in total. The van der Waals surface area contributed by atoms with E-state index in [4.69, 9.17) is 16.2 Å². The molecule has 7 nitrogen and oxygen atoms in total. The number of carbonyl (C=O) groups is 1. The van der Waals surface area contributed by atoms with Gasteiger partial charge in [-0.05, 0) is 24.6 Å². The molecule has 100 valence electrons. The van der Waals surface area contributed by atoms with E-state index in [1.54, 1.807) is 18.3 Å². The first-order chi connectivity index (χ1) is 9.11. The summed E-state index contributed by atoms with van der Waals surface area (Å²) in [5, 5.41) is 4.01. The summed E-state index contributed by atoms with van der Waals surface area (Å²) < 4.78 is 6.88. The quantitative estimate of drug-likeness (QED) is 0.824. The molecule has 2 heterocycles. The van der Waals surface area contributed by atoms with Crippen LogP contribution in [0.25, 0.3) is 5.82 Å². The number of pyridine rings is 1. The topological polar surface area (TPSA) is 109 Å². The van der Waals surface area contributed by atoms with Crippen molar-refractivity contribution in [2.45, 2.75) is 13.3 Å². The number of hydrogen-bond donors (Lipinski definition) is 2. The molecule has 1 amide bonds. The van der Waals surface area contributed by atoms with Crippen LogP contribution in [0.1, 0.15) is 23.8 Å². The van der Waals surface area contributed by atoms with E-state index in [-0.39, 0.29) is 5.69 Å². The highest BCUT2D eigenvalue weighted by molar-refractivity contribution is 5.90. The average Bonchev–Trinajstić information content (AvgIpc) is 2.87. The molecule has 0 aliphatic rings. The Morgan fingerprint density at radius 2 is 2.21 bits per heavy atom. The van der Waals surface area contributed by atoms with Crippen LogP contribution >= 0.6 is 0 Å². The number of hydrogen-bond acceptors (Lipinski definition) is 5. The van der Waals surface area contributed by atoms with Gasteiger partial charge in [-0.1, -0.05) is 6.92 Å². The number of nitrogens with zero attached hydrogens (tertiary/aromatic N) is 3. The van der Waals surface area contributed by atoms with Gasteiger partial charge in [0, 0.05) is 6.20 Å². The van der Waals surface area contributed by atoms with E-state index in [2.05, 4.69) is 10.1 Å². The smallest absolute Gasteiger partial charge is 0.269 e. The van der Waals surface area contributed by atoms with Gasteiger partial charge in [-0.15, -0.1) is 0 Å². The zero-order chi connectivity index (χ0) is 13.8. The molecule has 0 saturated heterocycles. The van der Waals surface area contributed by atoms with Gasteiger partial charge in [0.2, 0.25) is 5.88 Å². The maximum Gasteiger partial charge on any atom is 0.269 e. The second-order valence-corrected chi connectivity index (χ2v) is 3.92. The first-order valence-corrected chi connectivity index (χ1v) is 5.87. The molecule has 0 atom stereocenters. The Hall–Kier alpha value is -2.57. The SMILES string of the molecule is CCCOc1nc(-n2ccc(C(N)=O)n2)ccc1N. The fourth-order valence-corrected chi connectivity index (χ4v) is 1.47. The first-order valence-electron chi connectivity index (χ1n) is 5.87. The summed E-state index contributed by atoms with van der Waals surface area (Å²) in [6.07, 6.45) is 2.46. The van der Waals surface area contributed by atoms with Crippen molar-refractivity contribution < 1.29 is 9.53 Å². The minimum atomic E-state index is -0.586. The van der Waals surface area contributed by atoms with Gasteiger partial charge in [-0.2, -0.15) is 10.1 Å².